The summed E-state index contributed by atoms with van der Waals surface area (Å²) in [5.74, 6) is -2.02. The van der Waals surface area contributed by atoms with Gasteiger partial charge in [0.1, 0.15) is 16.5 Å². The average molecular weight is 363 g/mol. The summed E-state index contributed by atoms with van der Waals surface area (Å²) in [4.78, 5) is -0.639. The maximum Gasteiger partial charge on any atom is 0.264 e. The third-order valence-electron chi connectivity index (χ3n) is 2.43. The Bertz CT molecular complexity index is 766. The summed E-state index contributed by atoms with van der Waals surface area (Å²) in [5, 5.41) is 0. The van der Waals surface area contributed by atoms with Crippen molar-refractivity contribution >= 4 is 37.3 Å². The lowest BCUT2D eigenvalue weighted by Crippen LogP contribution is -2.14. The minimum Gasteiger partial charge on any atom is -0.398 e. The fourth-order valence-corrected chi connectivity index (χ4v) is 2.87. The van der Waals surface area contributed by atoms with Gasteiger partial charge < -0.3 is 5.73 Å². The Kier molecular flexibility index (Phi) is 3.96. The molecule has 20 heavy (non-hydrogen) atoms. The number of anilines is 2. The van der Waals surface area contributed by atoms with Crippen LogP contribution >= 0.6 is 15.9 Å². The lowest BCUT2D eigenvalue weighted by Gasteiger charge is -2.10. The molecular weight excluding hydrogens is 354 g/mol. The Balaban J connectivity index is 2.38. The molecular formula is C12H9BrF2N2O2S. The molecule has 3 N–H and O–H groups in total. The van der Waals surface area contributed by atoms with Crippen molar-refractivity contribution in [2.24, 2.45) is 0 Å². The molecule has 4 nitrogen and oxygen atoms in total. The monoisotopic (exact) mass is 362 g/mol. The van der Waals surface area contributed by atoms with E-state index in [1.54, 1.807) is 6.07 Å². The Morgan fingerprint density at radius 3 is 2.40 bits per heavy atom. The number of benzene rings is 2. The van der Waals surface area contributed by atoms with Crippen LogP contribution in [0.1, 0.15) is 0 Å². The Hall–Kier alpha value is -1.67. The zero-order chi connectivity index (χ0) is 14.9. The van der Waals surface area contributed by atoms with Crippen molar-refractivity contribution in [3.8, 4) is 0 Å². The molecule has 0 aromatic heterocycles. The second kappa shape index (κ2) is 5.37. The number of nitrogens with one attached hydrogen (secondary N) is 1. The summed E-state index contributed by atoms with van der Waals surface area (Å²) in [6, 6.07) is 6.62. The molecule has 2 aromatic rings. The molecule has 106 valence electrons. The van der Waals surface area contributed by atoms with Crippen LogP contribution in [0.25, 0.3) is 0 Å². The number of halogens is 3. The first-order valence-corrected chi connectivity index (χ1v) is 7.60. The predicted molar refractivity (Wildman–Crippen MR) is 75.7 cm³/mol. The molecule has 8 heteroatoms. The molecule has 2 rings (SSSR count). The van der Waals surface area contributed by atoms with E-state index in [0.717, 1.165) is 12.1 Å². The van der Waals surface area contributed by atoms with Gasteiger partial charge in [-0.1, -0.05) is 0 Å². The Morgan fingerprint density at radius 2 is 1.80 bits per heavy atom. The lowest BCUT2D eigenvalue weighted by atomic mass is 10.3. The van der Waals surface area contributed by atoms with E-state index in [9.17, 15) is 17.2 Å². The Morgan fingerprint density at radius 1 is 1.10 bits per heavy atom. The third kappa shape index (κ3) is 3.07. The zero-order valence-electron chi connectivity index (χ0n) is 9.90. The van der Waals surface area contributed by atoms with E-state index in [2.05, 4.69) is 20.7 Å². The topological polar surface area (TPSA) is 72.2 Å². The first kappa shape index (κ1) is 14.7. The largest absolute Gasteiger partial charge is 0.398 e. The van der Waals surface area contributed by atoms with Gasteiger partial charge in [0.2, 0.25) is 0 Å². The van der Waals surface area contributed by atoms with E-state index in [-0.39, 0.29) is 5.69 Å². The fourth-order valence-electron chi connectivity index (χ4n) is 1.51. The Labute approximate surface area is 122 Å². The minimum absolute atomic E-state index is 0.175. The molecule has 0 heterocycles. The van der Waals surface area contributed by atoms with Gasteiger partial charge in [-0.05, 0) is 46.3 Å². The SMILES string of the molecule is Nc1cc(NS(=O)(=O)c2ccc(F)cc2F)ccc1Br. The summed E-state index contributed by atoms with van der Waals surface area (Å²) in [6.45, 7) is 0. The van der Waals surface area contributed by atoms with Gasteiger partial charge in [-0.15, -0.1) is 0 Å². The van der Waals surface area contributed by atoms with Crippen LogP contribution in [0.2, 0.25) is 0 Å². The maximum atomic E-state index is 13.5. The van der Waals surface area contributed by atoms with Crippen molar-refractivity contribution < 1.29 is 17.2 Å². The second-order valence-corrected chi connectivity index (χ2v) is 6.42. The molecule has 0 amide bonds. The first-order chi connectivity index (χ1) is 9.29. The van der Waals surface area contributed by atoms with Crippen molar-refractivity contribution in [2.45, 2.75) is 4.90 Å². The summed E-state index contributed by atoms with van der Waals surface area (Å²) in [5.41, 5.74) is 6.12. The number of hydrogen-bond acceptors (Lipinski definition) is 3. The molecule has 0 saturated heterocycles. The van der Waals surface area contributed by atoms with Crippen molar-refractivity contribution in [3.05, 3.63) is 52.5 Å². The van der Waals surface area contributed by atoms with Crippen LogP contribution in [0.3, 0.4) is 0 Å². The van der Waals surface area contributed by atoms with Crippen LogP contribution in [0.5, 0.6) is 0 Å². The molecule has 0 fully saturated rings. The van der Waals surface area contributed by atoms with Crippen molar-refractivity contribution in [3.63, 3.8) is 0 Å². The summed E-state index contributed by atoms with van der Waals surface area (Å²) in [7, 11) is -4.15. The minimum atomic E-state index is -4.15. The van der Waals surface area contributed by atoms with Crippen LogP contribution in [-0.2, 0) is 10.0 Å². The van der Waals surface area contributed by atoms with Gasteiger partial charge in [0.05, 0.1) is 5.69 Å². The number of nitrogens with two attached hydrogens (primary N) is 1. The van der Waals surface area contributed by atoms with Crippen LogP contribution in [0, 0.1) is 11.6 Å². The number of hydrogen-bond donors (Lipinski definition) is 2. The highest BCUT2D eigenvalue weighted by molar-refractivity contribution is 9.10. The average Bonchev–Trinajstić information content (AvgIpc) is 2.33. The number of sulfonamides is 1. The first-order valence-electron chi connectivity index (χ1n) is 5.32. The van der Waals surface area contributed by atoms with E-state index in [0.29, 0.717) is 16.2 Å². The van der Waals surface area contributed by atoms with Gasteiger partial charge in [-0.2, -0.15) is 0 Å². The van der Waals surface area contributed by atoms with E-state index >= 15 is 0 Å². The van der Waals surface area contributed by atoms with Crippen molar-refractivity contribution in [2.75, 3.05) is 10.5 Å². The van der Waals surface area contributed by atoms with Gasteiger partial charge in [0.15, 0.2) is 0 Å². The fraction of sp³-hybridized carbons (Fsp3) is 0. The third-order valence-corrected chi connectivity index (χ3v) is 4.57. The molecule has 0 radical (unpaired) electrons. The van der Waals surface area contributed by atoms with Crippen LogP contribution in [-0.4, -0.2) is 8.42 Å². The van der Waals surface area contributed by atoms with Crippen LogP contribution in [0.4, 0.5) is 20.2 Å². The van der Waals surface area contributed by atoms with Crippen molar-refractivity contribution in [1.29, 1.82) is 0 Å². The summed E-state index contributed by atoms with van der Waals surface area (Å²) < 4.78 is 53.1. The zero-order valence-corrected chi connectivity index (χ0v) is 12.3. The van der Waals surface area contributed by atoms with E-state index in [1.165, 1.54) is 12.1 Å². The molecule has 0 aliphatic rings. The maximum absolute atomic E-state index is 13.5. The van der Waals surface area contributed by atoms with Gasteiger partial charge >= 0.3 is 0 Å². The van der Waals surface area contributed by atoms with Crippen molar-refractivity contribution in [1.82, 2.24) is 0 Å². The highest BCUT2D eigenvalue weighted by Gasteiger charge is 2.19. The van der Waals surface area contributed by atoms with Crippen LogP contribution in [0.15, 0.2) is 45.8 Å². The van der Waals surface area contributed by atoms with Gasteiger partial charge in [-0.25, -0.2) is 17.2 Å². The highest BCUT2D eigenvalue weighted by atomic mass is 79.9. The summed E-state index contributed by atoms with van der Waals surface area (Å²) >= 11 is 3.17. The normalized spacial score (nSPS) is 11.3. The van der Waals surface area contributed by atoms with Gasteiger partial charge in [-0.3, -0.25) is 4.72 Å². The van der Waals surface area contributed by atoms with E-state index < -0.39 is 26.6 Å². The number of rotatable bonds is 3. The standard InChI is InChI=1S/C12H9BrF2N2O2S/c13-9-3-2-8(6-11(9)16)17-20(18,19)12-4-1-7(14)5-10(12)15/h1-6,17H,16H2. The van der Waals surface area contributed by atoms with Crippen LogP contribution < -0.4 is 10.5 Å². The molecule has 0 aliphatic heterocycles. The molecule has 0 unspecified atom stereocenters. The molecule has 0 saturated carbocycles. The summed E-state index contributed by atoms with van der Waals surface area (Å²) in [6.07, 6.45) is 0. The number of nitrogen functional groups attached to an aromatic ring is 1. The molecule has 0 spiro atoms. The highest BCUT2D eigenvalue weighted by Crippen LogP contribution is 2.25. The molecule has 0 aliphatic carbocycles. The second-order valence-electron chi connectivity index (χ2n) is 3.92. The molecule has 0 bridgehead atoms. The lowest BCUT2D eigenvalue weighted by molar-refractivity contribution is 0.551. The van der Waals surface area contributed by atoms with E-state index in [1.807, 2.05) is 0 Å². The molecule has 2 aromatic carbocycles. The van der Waals surface area contributed by atoms with E-state index in [4.69, 9.17) is 5.73 Å². The van der Waals surface area contributed by atoms with Gasteiger partial charge in [0, 0.05) is 16.2 Å². The van der Waals surface area contributed by atoms with Gasteiger partial charge in [0.25, 0.3) is 10.0 Å². The smallest absolute Gasteiger partial charge is 0.264 e. The quantitative estimate of drug-likeness (QED) is 0.824. The molecule has 0 atom stereocenters. The predicted octanol–water partition coefficient (Wildman–Crippen LogP) is 3.11.